The van der Waals surface area contributed by atoms with E-state index in [1.807, 2.05) is 24.3 Å². The lowest BCUT2D eigenvalue weighted by atomic mass is 9.94. The largest absolute Gasteiger partial charge is 0.396 e. The molecule has 2 N–H and O–H groups in total. The molecule has 0 atom stereocenters. The highest BCUT2D eigenvalue weighted by atomic mass is 16.6. The van der Waals surface area contributed by atoms with Crippen LogP contribution in [-0.2, 0) is 17.8 Å². The van der Waals surface area contributed by atoms with Gasteiger partial charge in [-0.2, -0.15) is 0 Å². The minimum Gasteiger partial charge on any atom is -0.396 e. The Morgan fingerprint density at radius 2 is 1.61 bits per heavy atom. The van der Waals surface area contributed by atoms with Crippen LogP contribution >= 0.6 is 0 Å². The predicted octanol–water partition coefficient (Wildman–Crippen LogP) is 2.39. The molecule has 1 fully saturated rings. The zero-order valence-electron chi connectivity index (χ0n) is 10.8. The fourth-order valence-corrected chi connectivity index (χ4v) is 2.40. The first-order chi connectivity index (χ1) is 8.72. The smallest absolute Gasteiger partial charge is 0.165 e. The summed E-state index contributed by atoms with van der Waals surface area (Å²) < 4.78 is 5.66. The molecular formula is C15H22O3. The molecule has 0 amide bonds. The van der Waals surface area contributed by atoms with Crippen LogP contribution in [-0.4, -0.2) is 22.6 Å². The fourth-order valence-electron chi connectivity index (χ4n) is 2.40. The summed E-state index contributed by atoms with van der Waals surface area (Å²) in [5, 5.41) is 19.1. The molecule has 0 aliphatic heterocycles. The Morgan fingerprint density at radius 3 is 2.22 bits per heavy atom. The van der Waals surface area contributed by atoms with Crippen molar-refractivity contribution in [1.29, 1.82) is 0 Å². The average molecular weight is 250 g/mol. The number of aliphatic hydroxyl groups excluding tert-OH is 1. The molecule has 0 radical (unpaired) electrons. The molecule has 3 heteroatoms. The number of aliphatic hydroxyl groups is 2. The van der Waals surface area contributed by atoms with Gasteiger partial charge in [0.25, 0.3) is 0 Å². The van der Waals surface area contributed by atoms with Crippen LogP contribution in [0.25, 0.3) is 0 Å². The van der Waals surface area contributed by atoms with E-state index in [2.05, 4.69) is 0 Å². The van der Waals surface area contributed by atoms with Gasteiger partial charge in [-0.05, 0) is 30.4 Å². The molecule has 0 unspecified atom stereocenters. The first kappa shape index (κ1) is 13.5. The van der Waals surface area contributed by atoms with Crippen molar-refractivity contribution in [3.63, 3.8) is 0 Å². The molecule has 2 rings (SSSR count). The Labute approximate surface area is 108 Å². The highest BCUT2D eigenvalue weighted by molar-refractivity contribution is 5.22. The zero-order valence-corrected chi connectivity index (χ0v) is 10.8. The van der Waals surface area contributed by atoms with Gasteiger partial charge in [-0.15, -0.1) is 0 Å². The maximum Gasteiger partial charge on any atom is 0.165 e. The molecule has 0 heterocycles. The molecule has 3 nitrogen and oxygen atoms in total. The minimum atomic E-state index is -0.915. The Bertz CT molecular complexity index is 353. The lowest BCUT2D eigenvalue weighted by Gasteiger charge is -2.31. The van der Waals surface area contributed by atoms with E-state index in [0.717, 1.165) is 36.8 Å². The Balaban J connectivity index is 1.85. The second-order valence-electron chi connectivity index (χ2n) is 5.09. The van der Waals surface area contributed by atoms with E-state index < -0.39 is 5.79 Å². The summed E-state index contributed by atoms with van der Waals surface area (Å²) in [6, 6.07) is 7.99. The van der Waals surface area contributed by atoms with Crippen molar-refractivity contribution in [1.82, 2.24) is 0 Å². The molecule has 0 saturated heterocycles. The highest BCUT2D eigenvalue weighted by Gasteiger charge is 2.29. The Kier molecular flexibility index (Phi) is 4.75. The predicted molar refractivity (Wildman–Crippen MR) is 70.1 cm³/mol. The van der Waals surface area contributed by atoms with Crippen LogP contribution < -0.4 is 0 Å². The van der Waals surface area contributed by atoms with Crippen LogP contribution in [0.1, 0.15) is 43.2 Å². The summed E-state index contributed by atoms with van der Waals surface area (Å²) in [6.45, 7) is 0.630. The van der Waals surface area contributed by atoms with Gasteiger partial charge in [0, 0.05) is 19.4 Å². The van der Waals surface area contributed by atoms with E-state index >= 15 is 0 Å². The van der Waals surface area contributed by atoms with Crippen molar-refractivity contribution < 1.29 is 14.9 Å². The van der Waals surface area contributed by atoms with E-state index in [0.29, 0.717) is 13.0 Å². The van der Waals surface area contributed by atoms with E-state index in [-0.39, 0.29) is 6.61 Å². The first-order valence-electron chi connectivity index (χ1n) is 6.77. The summed E-state index contributed by atoms with van der Waals surface area (Å²) in [5.41, 5.74) is 2.19. The van der Waals surface area contributed by atoms with Crippen LogP contribution in [0.4, 0.5) is 0 Å². The van der Waals surface area contributed by atoms with Crippen molar-refractivity contribution >= 4 is 0 Å². The van der Waals surface area contributed by atoms with E-state index in [9.17, 15) is 5.11 Å². The van der Waals surface area contributed by atoms with Gasteiger partial charge in [0.15, 0.2) is 5.79 Å². The third kappa shape index (κ3) is 3.80. The molecule has 0 aromatic heterocycles. The summed E-state index contributed by atoms with van der Waals surface area (Å²) in [5.74, 6) is -0.915. The molecular weight excluding hydrogens is 228 g/mol. The summed E-state index contributed by atoms with van der Waals surface area (Å²) in [4.78, 5) is 0. The van der Waals surface area contributed by atoms with Crippen LogP contribution in [0.3, 0.4) is 0 Å². The minimum absolute atomic E-state index is 0.176. The van der Waals surface area contributed by atoms with Gasteiger partial charge in [-0.3, -0.25) is 0 Å². The first-order valence-corrected chi connectivity index (χ1v) is 6.77. The third-order valence-corrected chi connectivity index (χ3v) is 3.57. The van der Waals surface area contributed by atoms with Gasteiger partial charge in [-0.25, -0.2) is 0 Å². The third-order valence-electron chi connectivity index (χ3n) is 3.57. The number of rotatable bonds is 5. The van der Waals surface area contributed by atoms with Gasteiger partial charge < -0.3 is 14.9 Å². The van der Waals surface area contributed by atoms with E-state index in [1.54, 1.807) is 0 Å². The lowest BCUT2D eigenvalue weighted by molar-refractivity contribution is -0.227. The molecule has 1 aliphatic rings. The van der Waals surface area contributed by atoms with Crippen LogP contribution in [0.5, 0.6) is 0 Å². The summed E-state index contributed by atoms with van der Waals surface area (Å²) in [6.07, 6.45) is 5.47. The molecule has 18 heavy (non-hydrogen) atoms. The maximum atomic E-state index is 10.2. The second-order valence-corrected chi connectivity index (χ2v) is 5.09. The van der Waals surface area contributed by atoms with Gasteiger partial charge in [0.2, 0.25) is 0 Å². The maximum absolute atomic E-state index is 10.2. The molecule has 0 spiro atoms. The Morgan fingerprint density at radius 1 is 1.00 bits per heavy atom. The highest BCUT2D eigenvalue weighted by Crippen LogP contribution is 2.29. The van der Waals surface area contributed by atoms with Crippen molar-refractivity contribution in [3.05, 3.63) is 35.4 Å². The number of hydrogen-bond acceptors (Lipinski definition) is 3. The number of ether oxygens (including phenoxy) is 1. The second kappa shape index (κ2) is 6.32. The normalized spacial score (nSPS) is 18.8. The van der Waals surface area contributed by atoms with Gasteiger partial charge in [-0.1, -0.05) is 30.7 Å². The van der Waals surface area contributed by atoms with Gasteiger partial charge in [0.05, 0.1) is 6.61 Å². The zero-order chi connectivity index (χ0) is 12.8. The van der Waals surface area contributed by atoms with E-state index in [4.69, 9.17) is 9.84 Å². The van der Waals surface area contributed by atoms with Gasteiger partial charge in [0.1, 0.15) is 0 Å². The lowest BCUT2D eigenvalue weighted by Crippen LogP contribution is -2.34. The molecule has 1 aliphatic carbocycles. The van der Waals surface area contributed by atoms with E-state index in [1.165, 1.54) is 6.42 Å². The Hall–Kier alpha value is -0.900. The molecule has 100 valence electrons. The quantitative estimate of drug-likeness (QED) is 0.789. The number of hydrogen-bond donors (Lipinski definition) is 2. The van der Waals surface area contributed by atoms with Crippen molar-refractivity contribution in [3.8, 4) is 0 Å². The molecule has 1 aromatic rings. The molecule has 0 bridgehead atoms. The molecule has 1 aromatic carbocycles. The summed E-state index contributed by atoms with van der Waals surface area (Å²) >= 11 is 0. The topological polar surface area (TPSA) is 49.7 Å². The van der Waals surface area contributed by atoms with Crippen molar-refractivity contribution in [2.75, 3.05) is 6.61 Å². The average Bonchev–Trinajstić information content (AvgIpc) is 2.39. The molecule has 1 saturated carbocycles. The van der Waals surface area contributed by atoms with Crippen molar-refractivity contribution in [2.24, 2.45) is 0 Å². The monoisotopic (exact) mass is 250 g/mol. The standard InChI is InChI=1S/C15H22O3/c16-11-8-13-4-6-14(7-5-13)12-18-15(17)9-2-1-3-10-15/h4-7,16-17H,1-3,8-12H2. The van der Waals surface area contributed by atoms with Crippen LogP contribution in [0, 0.1) is 0 Å². The van der Waals surface area contributed by atoms with Gasteiger partial charge >= 0.3 is 0 Å². The summed E-state index contributed by atoms with van der Waals surface area (Å²) in [7, 11) is 0. The SMILES string of the molecule is OCCc1ccc(COC2(O)CCCCC2)cc1. The van der Waals surface area contributed by atoms with Crippen molar-refractivity contribution in [2.45, 2.75) is 50.9 Å². The number of benzene rings is 1. The fraction of sp³-hybridized carbons (Fsp3) is 0.600. The van der Waals surface area contributed by atoms with Crippen LogP contribution in [0.2, 0.25) is 0 Å². The van der Waals surface area contributed by atoms with Crippen LogP contribution in [0.15, 0.2) is 24.3 Å².